The Morgan fingerprint density at radius 2 is 2.00 bits per heavy atom. The molecule has 0 spiro atoms. The van der Waals surface area contributed by atoms with Gasteiger partial charge in [-0.05, 0) is 44.4 Å². The number of amides is 2. The highest BCUT2D eigenvalue weighted by Crippen LogP contribution is 2.35. The molecule has 2 saturated carbocycles. The molecule has 5 heteroatoms. The third-order valence-electron chi connectivity index (χ3n) is 4.65. The molecule has 3 fully saturated rings. The summed E-state index contributed by atoms with van der Waals surface area (Å²) in [6.45, 7) is 0.225. The second-order valence-corrected chi connectivity index (χ2v) is 6.03. The van der Waals surface area contributed by atoms with Crippen LogP contribution in [-0.4, -0.2) is 48.6 Å². The first-order chi connectivity index (χ1) is 9.19. The van der Waals surface area contributed by atoms with Gasteiger partial charge in [-0.15, -0.1) is 0 Å². The average molecular weight is 266 g/mol. The molecule has 2 aliphatic carbocycles. The summed E-state index contributed by atoms with van der Waals surface area (Å²) in [6, 6.07) is -0.0809. The molecule has 0 aromatic heterocycles. The second-order valence-electron chi connectivity index (χ2n) is 6.03. The van der Waals surface area contributed by atoms with Gasteiger partial charge in [0.25, 0.3) is 0 Å². The predicted octanol–water partition coefficient (Wildman–Crippen LogP) is 0.681. The fraction of sp³-hybridized carbons (Fsp3) is 0.857. The van der Waals surface area contributed by atoms with E-state index >= 15 is 0 Å². The molecule has 1 aliphatic heterocycles. The Morgan fingerprint density at radius 3 is 2.68 bits per heavy atom. The topological polar surface area (TPSA) is 58.6 Å². The van der Waals surface area contributed by atoms with Crippen LogP contribution in [0.2, 0.25) is 0 Å². The molecule has 0 aromatic rings. The van der Waals surface area contributed by atoms with Gasteiger partial charge in [-0.1, -0.05) is 0 Å². The van der Waals surface area contributed by atoms with Crippen LogP contribution in [0.4, 0.5) is 0 Å². The largest absolute Gasteiger partial charge is 0.381 e. The van der Waals surface area contributed by atoms with E-state index in [-0.39, 0.29) is 36.5 Å². The summed E-state index contributed by atoms with van der Waals surface area (Å²) in [5.41, 5.74) is 0. The highest BCUT2D eigenvalue weighted by Gasteiger charge is 2.44. The number of rotatable bonds is 3. The Kier molecular flexibility index (Phi) is 3.48. The molecule has 106 valence electrons. The SMILES string of the molecule is COC1CCCC(N2CC(=O)NC(C3CC3)C2=O)C1. The van der Waals surface area contributed by atoms with Crippen molar-refractivity contribution in [1.29, 1.82) is 0 Å². The lowest BCUT2D eigenvalue weighted by Crippen LogP contribution is -2.62. The Labute approximate surface area is 113 Å². The zero-order valence-corrected chi connectivity index (χ0v) is 11.4. The number of nitrogens with zero attached hydrogens (tertiary/aromatic N) is 1. The van der Waals surface area contributed by atoms with Gasteiger partial charge in [-0.25, -0.2) is 0 Å². The maximum Gasteiger partial charge on any atom is 0.246 e. The Morgan fingerprint density at radius 1 is 1.21 bits per heavy atom. The number of nitrogens with one attached hydrogen (secondary N) is 1. The lowest BCUT2D eigenvalue weighted by Gasteiger charge is -2.41. The summed E-state index contributed by atoms with van der Waals surface area (Å²) in [6.07, 6.45) is 6.36. The number of hydrogen-bond acceptors (Lipinski definition) is 3. The molecule has 0 aromatic carbocycles. The van der Waals surface area contributed by atoms with Crippen molar-refractivity contribution in [2.75, 3.05) is 13.7 Å². The zero-order valence-electron chi connectivity index (χ0n) is 11.4. The summed E-state index contributed by atoms with van der Waals surface area (Å²) < 4.78 is 5.42. The van der Waals surface area contributed by atoms with E-state index < -0.39 is 0 Å². The number of ether oxygens (including phenoxy) is 1. The summed E-state index contributed by atoms with van der Waals surface area (Å²) in [5, 5.41) is 2.86. The van der Waals surface area contributed by atoms with Gasteiger partial charge < -0.3 is 15.0 Å². The van der Waals surface area contributed by atoms with E-state index in [1.165, 1.54) is 0 Å². The fourth-order valence-electron chi connectivity index (χ4n) is 3.37. The van der Waals surface area contributed by atoms with Crippen molar-refractivity contribution in [3.05, 3.63) is 0 Å². The van der Waals surface area contributed by atoms with Crippen LogP contribution in [-0.2, 0) is 14.3 Å². The van der Waals surface area contributed by atoms with Crippen LogP contribution < -0.4 is 5.32 Å². The van der Waals surface area contributed by atoms with Gasteiger partial charge in [0, 0.05) is 13.2 Å². The maximum absolute atomic E-state index is 12.5. The van der Waals surface area contributed by atoms with E-state index in [0.29, 0.717) is 5.92 Å². The molecule has 1 N–H and O–H groups in total. The summed E-state index contributed by atoms with van der Waals surface area (Å²) in [7, 11) is 1.73. The summed E-state index contributed by atoms with van der Waals surface area (Å²) in [4.78, 5) is 26.1. The third kappa shape index (κ3) is 2.61. The number of carbonyl (C=O) groups excluding carboxylic acids is 2. The highest BCUT2D eigenvalue weighted by atomic mass is 16.5. The van der Waals surface area contributed by atoms with Gasteiger partial charge in [-0.3, -0.25) is 9.59 Å². The van der Waals surface area contributed by atoms with Crippen molar-refractivity contribution in [3.8, 4) is 0 Å². The number of carbonyl (C=O) groups is 2. The monoisotopic (exact) mass is 266 g/mol. The number of piperazine rings is 1. The molecule has 3 aliphatic rings. The van der Waals surface area contributed by atoms with Crippen LogP contribution in [0.25, 0.3) is 0 Å². The van der Waals surface area contributed by atoms with E-state index in [2.05, 4.69) is 5.32 Å². The van der Waals surface area contributed by atoms with Crippen molar-refractivity contribution < 1.29 is 14.3 Å². The highest BCUT2D eigenvalue weighted by molar-refractivity contribution is 5.95. The first kappa shape index (κ1) is 12.9. The van der Waals surface area contributed by atoms with Crippen molar-refractivity contribution in [1.82, 2.24) is 10.2 Å². The Bertz CT molecular complexity index is 381. The molecule has 1 saturated heterocycles. The maximum atomic E-state index is 12.5. The van der Waals surface area contributed by atoms with E-state index in [9.17, 15) is 9.59 Å². The number of hydrogen-bond donors (Lipinski definition) is 1. The van der Waals surface area contributed by atoms with Gasteiger partial charge in [-0.2, -0.15) is 0 Å². The minimum atomic E-state index is -0.260. The van der Waals surface area contributed by atoms with E-state index in [1.54, 1.807) is 7.11 Å². The van der Waals surface area contributed by atoms with E-state index in [1.807, 2.05) is 4.90 Å². The Hall–Kier alpha value is -1.10. The minimum absolute atomic E-state index is 0.00367. The molecule has 2 amide bonds. The molecule has 1 heterocycles. The lowest BCUT2D eigenvalue weighted by atomic mass is 9.90. The molecule has 3 unspecified atom stereocenters. The molecular formula is C14H22N2O3. The van der Waals surface area contributed by atoms with Crippen LogP contribution >= 0.6 is 0 Å². The predicted molar refractivity (Wildman–Crippen MR) is 69.4 cm³/mol. The van der Waals surface area contributed by atoms with Crippen LogP contribution in [0.15, 0.2) is 0 Å². The van der Waals surface area contributed by atoms with Crippen molar-refractivity contribution in [2.45, 2.75) is 56.7 Å². The molecule has 0 bridgehead atoms. The van der Waals surface area contributed by atoms with E-state index in [4.69, 9.17) is 4.74 Å². The molecule has 3 rings (SSSR count). The zero-order chi connectivity index (χ0) is 13.4. The van der Waals surface area contributed by atoms with Gasteiger partial charge in [0.2, 0.25) is 11.8 Å². The van der Waals surface area contributed by atoms with Crippen LogP contribution in [0.3, 0.4) is 0 Å². The van der Waals surface area contributed by atoms with Crippen LogP contribution in [0, 0.1) is 5.92 Å². The Balaban J connectivity index is 1.70. The molecular weight excluding hydrogens is 244 g/mol. The lowest BCUT2D eigenvalue weighted by molar-refractivity contribution is -0.148. The van der Waals surface area contributed by atoms with Gasteiger partial charge >= 0.3 is 0 Å². The van der Waals surface area contributed by atoms with Gasteiger partial charge in [0.05, 0.1) is 12.6 Å². The van der Waals surface area contributed by atoms with Crippen LogP contribution in [0.1, 0.15) is 38.5 Å². The molecule has 19 heavy (non-hydrogen) atoms. The standard InChI is InChI=1S/C14H22N2O3/c1-19-11-4-2-3-10(7-11)16-8-12(17)15-13(14(16)18)9-5-6-9/h9-11,13H,2-8H2,1H3,(H,15,17). The molecule has 3 atom stereocenters. The average Bonchev–Trinajstić information content (AvgIpc) is 3.25. The first-order valence-electron chi connectivity index (χ1n) is 7.31. The summed E-state index contributed by atoms with van der Waals surface area (Å²) in [5.74, 6) is 0.501. The van der Waals surface area contributed by atoms with Crippen LogP contribution in [0.5, 0.6) is 0 Å². The first-order valence-corrected chi connectivity index (χ1v) is 7.31. The quantitative estimate of drug-likeness (QED) is 0.817. The van der Waals surface area contributed by atoms with Crippen molar-refractivity contribution in [2.24, 2.45) is 5.92 Å². The van der Waals surface area contributed by atoms with Gasteiger partial charge in [0.15, 0.2) is 0 Å². The molecule has 5 nitrogen and oxygen atoms in total. The smallest absolute Gasteiger partial charge is 0.246 e. The minimum Gasteiger partial charge on any atom is -0.381 e. The number of methoxy groups -OCH3 is 1. The van der Waals surface area contributed by atoms with Crippen molar-refractivity contribution >= 4 is 11.8 Å². The van der Waals surface area contributed by atoms with Crippen molar-refractivity contribution in [3.63, 3.8) is 0 Å². The summed E-state index contributed by atoms with van der Waals surface area (Å²) >= 11 is 0. The second kappa shape index (κ2) is 5.12. The van der Waals surface area contributed by atoms with Gasteiger partial charge in [0.1, 0.15) is 6.04 Å². The normalized spacial score (nSPS) is 36.3. The fourth-order valence-corrected chi connectivity index (χ4v) is 3.37. The third-order valence-corrected chi connectivity index (χ3v) is 4.65. The molecule has 0 radical (unpaired) electrons. The van der Waals surface area contributed by atoms with E-state index in [0.717, 1.165) is 38.5 Å².